The minimum absolute atomic E-state index is 0. The number of ether oxygens (including phenoxy) is 1. The van der Waals surface area contributed by atoms with Crippen molar-refractivity contribution in [2.24, 2.45) is 0 Å². The molecule has 0 aromatic rings. The molecule has 5 heavy (non-hydrogen) atoms. The van der Waals surface area contributed by atoms with Gasteiger partial charge in [-0.15, -0.1) is 0 Å². The molecule has 34 valence electrons. The first kappa shape index (κ1) is 8.86. The summed E-state index contributed by atoms with van der Waals surface area (Å²) in [4.78, 5) is 0. The van der Waals surface area contributed by atoms with Crippen molar-refractivity contribution in [1.29, 1.82) is 0 Å². The molecule has 0 amide bonds. The summed E-state index contributed by atoms with van der Waals surface area (Å²) in [6, 6.07) is 0. The molecule has 0 aromatic carbocycles. The zero-order chi connectivity index (χ0) is 2.12. The third kappa shape index (κ3) is 17.7. The molecule has 1 rings (SSSR count). The van der Waals surface area contributed by atoms with Crippen LogP contribution in [0.3, 0.4) is 0 Å². The van der Waals surface area contributed by atoms with E-state index in [1.54, 1.807) is 0 Å². The Labute approximate surface area is 31.5 Å². The predicted molar refractivity (Wildman–Crippen MR) is 20.9 cm³/mol. The molecule has 0 unspecified atom stereocenters. The monoisotopic (exact) mass is 78.1 g/mol. The molecular formula is C2H10N2O. The van der Waals surface area contributed by atoms with E-state index in [9.17, 15) is 0 Å². The summed E-state index contributed by atoms with van der Waals surface area (Å²) < 4.78 is 4.50. The molecule has 1 fully saturated rings. The van der Waals surface area contributed by atoms with Gasteiger partial charge < -0.3 is 17.0 Å². The second kappa shape index (κ2) is 3.88. The number of hydrogen-bond acceptors (Lipinski definition) is 3. The van der Waals surface area contributed by atoms with Crippen LogP contribution in [0.4, 0.5) is 0 Å². The van der Waals surface area contributed by atoms with Crippen LogP contribution in [0.25, 0.3) is 0 Å². The van der Waals surface area contributed by atoms with Crippen molar-refractivity contribution < 1.29 is 4.74 Å². The Kier molecular flexibility index (Phi) is 6.87. The van der Waals surface area contributed by atoms with Crippen molar-refractivity contribution >= 4 is 0 Å². The minimum Gasteiger partial charge on any atom is -0.377 e. The fraction of sp³-hybridized carbons (Fsp3) is 1.00. The van der Waals surface area contributed by atoms with Gasteiger partial charge in [0.25, 0.3) is 0 Å². The molecule has 0 bridgehead atoms. The zero-order valence-electron chi connectivity index (χ0n) is 3.24. The van der Waals surface area contributed by atoms with Crippen LogP contribution in [-0.2, 0) is 4.74 Å². The average Bonchev–Trinajstić information content (AvgIpc) is 1.46. The van der Waals surface area contributed by atoms with E-state index in [-0.39, 0.29) is 12.3 Å². The van der Waals surface area contributed by atoms with Crippen LogP contribution in [0.1, 0.15) is 0 Å². The van der Waals surface area contributed by atoms with Gasteiger partial charge in [-0.05, 0) is 0 Å². The van der Waals surface area contributed by atoms with Gasteiger partial charge in [0.05, 0.1) is 13.2 Å². The van der Waals surface area contributed by atoms with Gasteiger partial charge >= 0.3 is 0 Å². The lowest BCUT2D eigenvalue weighted by molar-refractivity contribution is 0.475. The molecule has 0 radical (unpaired) electrons. The van der Waals surface area contributed by atoms with E-state index in [2.05, 4.69) is 4.74 Å². The Bertz CT molecular complexity index is 12.4. The quantitative estimate of drug-likeness (QED) is 0.410. The van der Waals surface area contributed by atoms with Crippen LogP contribution in [0, 0.1) is 0 Å². The van der Waals surface area contributed by atoms with Crippen molar-refractivity contribution in [3.05, 3.63) is 0 Å². The fourth-order valence-electron chi connectivity index (χ4n) is 0. The lowest BCUT2D eigenvalue weighted by atomic mass is 11.0. The maximum atomic E-state index is 4.50. The maximum Gasteiger partial charge on any atom is 0.0701 e. The van der Waals surface area contributed by atoms with Gasteiger partial charge in [0, 0.05) is 0 Å². The smallest absolute Gasteiger partial charge is 0.0701 e. The van der Waals surface area contributed by atoms with Crippen LogP contribution in [0.5, 0.6) is 0 Å². The van der Waals surface area contributed by atoms with E-state index < -0.39 is 0 Å². The highest BCUT2D eigenvalue weighted by atomic mass is 16.6. The lowest BCUT2D eigenvalue weighted by Crippen LogP contribution is -1.20. The number of hydrogen-bond donors (Lipinski definition) is 2. The maximum absolute atomic E-state index is 4.50. The normalized spacial score (nSPS) is 14.4. The van der Waals surface area contributed by atoms with E-state index in [1.165, 1.54) is 0 Å². The van der Waals surface area contributed by atoms with Gasteiger partial charge in [0.15, 0.2) is 0 Å². The molecule has 0 spiro atoms. The highest BCUT2D eigenvalue weighted by Gasteiger charge is 1.94. The van der Waals surface area contributed by atoms with Gasteiger partial charge in [-0.25, -0.2) is 0 Å². The predicted octanol–water partition coefficient (Wildman–Crippen LogP) is 0.341. The van der Waals surface area contributed by atoms with Crippen molar-refractivity contribution in [1.82, 2.24) is 12.3 Å². The molecule has 6 N–H and O–H groups in total. The SMILES string of the molecule is C1CO1.N.N. The van der Waals surface area contributed by atoms with Crippen molar-refractivity contribution in [3.8, 4) is 0 Å². The molecule has 0 aliphatic carbocycles. The van der Waals surface area contributed by atoms with E-state index in [0.717, 1.165) is 13.2 Å². The summed E-state index contributed by atoms with van der Waals surface area (Å²) >= 11 is 0. The standard InChI is InChI=1S/C2H4O.2H3N/c1-2-3-1;;/h1-2H2;2*1H3. The molecular weight excluding hydrogens is 68.0 g/mol. The first-order valence-corrected chi connectivity index (χ1v) is 1.08. The Morgan fingerprint density at radius 1 is 1.00 bits per heavy atom. The Morgan fingerprint density at radius 3 is 1.20 bits per heavy atom. The zero-order valence-corrected chi connectivity index (χ0v) is 3.24. The van der Waals surface area contributed by atoms with Crippen LogP contribution in [-0.4, -0.2) is 13.2 Å². The van der Waals surface area contributed by atoms with Crippen molar-refractivity contribution in [2.45, 2.75) is 0 Å². The highest BCUT2D eigenvalue weighted by molar-refractivity contribution is 4.36. The summed E-state index contributed by atoms with van der Waals surface area (Å²) in [5, 5.41) is 0. The van der Waals surface area contributed by atoms with E-state index in [0.29, 0.717) is 0 Å². The summed E-state index contributed by atoms with van der Waals surface area (Å²) in [7, 11) is 0. The molecule has 3 nitrogen and oxygen atoms in total. The fourth-order valence-corrected chi connectivity index (χ4v) is 0. The summed E-state index contributed by atoms with van der Waals surface area (Å²) in [6.07, 6.45) is 0. The third-order valence-electron chi connectivity index (χ3n) is 0.204. The molecule has 1 aliphatic rings. The first-order valence-electron chi connectivity index (χ1n) is 1.08. The second-order valence-electron chi connectivity index (χ2n) is 0.612. The molecule has 1 heterocycles. The van der Waals surface area contributed by atoms with Gasteiger partial charge in [-0.3, -0.25) is 0 Å². The van der Waals surface area contributed by atoms with Crippen molar-refractivity contribution in [2.75, 3.05) is 13.2 Å². The summed E-state index contributed by atoms with van der Waals surface area (Å²) in [6.45, 7) is 2.00. The minimum atomic E-state index is 0. The van der Waals surface area contributed by atoms with E-state index in [4.69, 9.17) is 0 Å². The van der Waals surface area contributed by atoms with Crippen LogP contribution in [0.2, 0.25) is 0 Å². The van der Waals surface area contributed by atoms with Gasteiger partial charge in [0.2, 0.25) is 0 Å². The Morgan fingerprint density at radius 2 is 1.20 bits per heavy atom. The molecule has 3 heteroatoms. The first-order chi connectivity index (χ1) is 1.50. The van der Waals surface area contributed by atoms with E-state index >= 15 is 0 Å². The van der Waals surface area contributed by atoms with Crippen LogP contribution >= 0.6 is 0 Å². The summed E-state index contributed by atoms with van der Waals surface area (Å²) in [5.74, 6) is 0. The van der Waals surface area contributed by atoms with Crippen LogP contribution < -0.4 is 12.3 Å². The molecule has 1 saturated heterocycles. The molecule has 0 aromatic heterocycles. The summed E-state index contributed by atoms with van der Waals surface area (Å²) in [5.41, 5.74) is 0. The Balaban J connectivity index is 0. The van der Waals surface area contributed by atoms with Gasteiger partial charge in [0.1, 0.15) is 0 Å². The lowest BCUT2D eigenvalue weighted by Gasteiger charge is -1.24. The number of epoxide rings is 1. The number of rotatable bonds is 0. The molecule has 1 aliphatic heterocycles. The highest BCUT2D eigenvalue weighted by Crippen LogP contribution is 1.84. The third-order valence-corrected chi connectivity index (χ3v) is 0.204. The topological polar surface area (TPSA) is 82.5 Å². The van der Waals surface area contributed by atoms with E-state index in [1.807, 2.05) is 0 Å². The largest absolute Gasteiger partial charge is 0.377 e. The average molecular weight is 78.1 g/mol. The molecule has 0 saturated carbocycles. The molecule has 0 atom stereocenters. The Hall–Kier alpha value is -0.120. The second-order valence-corrected chi connectivity index (χ2v) is 0.612. The van der Waals surface area contributed by atoms with Gasteiger partial charge in [-0.2, -0.15) is 0 Å². The van der Waals surface area contributed by atoms with Gasteiger partial charge in [-0.1, -0.05) is 0 Å². The van der Waals surface area contributed by atoms with Crippen molar-refractivity contribution in [3.63, 3.8) is 0 Å². The van der Waals surface area contributed by atoms with Crippen LogP contribution in [0.15, 0.2) is 0 Å².